The van der Waals surface area contributed by atoms with Crippen molar-refractivity contribution >= 4 is 85.5 Å². The number of nitrogens with two attached hydrogens (primary N) is 1. The number of Topliss-reactive ketones (excluding diaryl/α,β-unsaturated/α-hetero) is 1. The van der Waals surface area contributed by atoms with Gasteiger partial charge in [-0.2, -0.15) is 5.26 Å². The molecule has 2 aliphatic rings. The quantitative estimate of drug-likeness (QED) is 0.0408. The number of rotatable bonds is 22. The van der Waals surface area contributed by atoms with Gasteiger partial charge in [0.15, 0.2) is 5.78 Å². The van der Waals surface area contributed by atoms with Gasteiger partial charge in [0.1, 0.15) is 36.9 Å². The summed E-state index contributed by atoms with van der Waals surface area (Å²) in [5.41, 5.74) is 11.0. The predicted octanol–water partition coefficient (Wildman–Crippen LogP) is 5.85. The molecule has 0 bridgehead atoms. The number of esters is 4. The average Bonchev–Trinajstić information content (AvgIpc) is 4.42. The molecule has 0 aliphatic heterocycles. The number of nitrogen functional groups attached to an aromatic ring is 1. The number of nitrogens with zero attached hydrogens (tertiary/aromatic N) is 6. The minimum Gasteiger partial charge on any atom is -0.465 e. The van der Waals surface area contributed by atoms with Gasteiger partial charge in [0.25, 0.3) is 11.4 Å². The Morgan fingerprint density at radius 2 is 1.21 bits per heavy atom. The van der Waals surface area contributed by atoms with E-state index in [9.17, 15) is 29.1 Å². The summed E-state index contributed by atoms with van der Waals surface area (Å²) in [5.74, 6) is -0.815. The third-order valence-electron chi connectivity index (χ3n) is 10.1. The van der Waals surface area contributed by atoms with E-state index in [1.165, 1.54) is 14.2 Å². The number of fused-ring (bicyclic) bond motifs is 2. The molecule has 0 amide bonds. The highest BCUT2D eigenvalue weighted by atomic mass is 31.0. The fourth-order valence-corrected chi connectivity index (χ4v) is 6.60. The second-order valence-corrected chi connectivity index (χ2v) is 16.9. The Balaban J connectivity index is 0.000000265. The molecule has 6 aromatic rings. The zero-order chi connectivity index (χ0) is 57.2. The van der Waals surface area contributed by atoms with Crippen LogP contribution in [0.2, 0.25) is 0 Å². The van der Waals surface area contributed by atoms with Crippen LogP contribution in [0.15, 0.2) is 62.1 Å². The molecule has 0 radical (unpaired) electrons. The van der Waals surface area contributed by atoms with E-state index in [1.807, 2.05) is 30.3 Å². The number of benzene rings is 1. The summed E-state index contributed by atoms with van der Waals surface area (Å²) in [6.07, 6.45) is 5.76. The molecule has 25 nitrogen and oxygen atoms in total. The van der Waals surface area contributed by atoms with Crippen LogP contribution in [0.25, 0.3) is 22.2 Å². The zero-order valence-electron chi connectivity index (χ0n) is 43.7. The Hall–Kier alpha value is -6.44. The number of anilines is 1. The number of aliphatic hydroxyl groups excluding tert-OH is 2. The molecule has 0 saturated heterocycles. The Morgan fingerprint density at radius 1 is 0.679 bits per heavy atom. The fraction of sp³-hybridized carbons (Fsp3) is 0.460. The summed E-state index contributed by atoms with van der Waals surface area (Å²) in [6.45, 7) is 4.62. The maximum absolute atomic E-state index is 12.2. The maximum atomic E-state index is 12.2. The van der Waals surface area contributed by atoms with Gasteiger partial charge in [-0.05, 0) is 57.2 Å². The summed E-state index contributed by atoms with van der Waals surface area (Å²) < 4.78 is 53.8. The Kier molecular flexibility index (Phi) is 31.6. The van der Waals surface area contributed by atoms with Crippen LogP contribution in [-0.4, -0.2) is 132 Å². The van der Waals surface area contributed by atoms with Gasteiger partial charge < -0.3 is 67.4 Å². The highest BCUT2D eigenvalue weighted by molar-refractivity contribution is 7.16. The van der Waals surface area contributed by atoms with Gasteiger partial charge in [0.05, 0.1) is 107 Å². The molecule has 0 spiro atoms. The standard InChI is InChI=1S/C19H18N2O4.C12H12N2O4.C5H9N2O2P.C5H8NO2P.C5H11O3P.C4H8O3/c1-23-19(22)14-9-15(13-7-8-13)20-18-17(14)16(21-25-18)11-24-10-12-5-3-2-4-6-12;1-17-12(16)7-4-8(6-2-3-6)13-11-10(7)9(5-15)14-18-11;6-5-1-4(7-9-5)2-8-3-10;6-2-1-5(7)3-8-4-9;1-2-8-5(6)3-7-4-9;1-2-7-4(6)3-5/h2-6,9,13H,7-8,10-11H2,1H3;4,6,15H,2-3,5H2,1H3;1H,2-3,6,10H2;1,3-4,9H2;2-4,9H2,1H3;5H,2-3H2,1H3. The van der Waals surface area contributed by atoms with Gasteiger partial charge in [-0.3, -0.25) is 4.79 Å². The van der Waals surface area contributed by atoms with Crippen molar-refractivity contribution in [2.75, 3.05) is 72.0 Å². The SMILES string of the molecule is CCOC(=O)CO.CCOC(=O)COCP.COC(=O)c1cc(C2CC2)nc2onc(CO)c12.COC(=O)c1cc(C2CC2)nc2onc(COCc3ccccc3)c12.N#CCC(=O)COCP.Nc1cc(COCP)no1. The molecule has 3 unspecified atom stereocenters. The van der Waals surface area contributed by atoms with Crippen LogP contribution in [0.1, 0.15) is 113 Å². The number of carbonyl (C=O) groups excluding carboxylic acids is 5. The minimum absolute atomic E-state index is 0.0509. The molecular weight excluding hydrogens is 1080 g/mol. The van der Waals surface area contributed by atoms with Crippen LogP contribution in [-0.2, 0) is 78.7 Å². The monoisotopic (exact) mass is 1150 g/mol. The lowest BCUT2D eigenvalue weighted by atomic mass is 10.1. The van der Waals surface area contributed by atoms with Crippen molar-refractivity contribution in [3.63, 3.8) is 0 Å². The Morgan fingerprint density at radius 3 is 1.65 bits per heavy atom. The van der Waals surface area contributed by atoms with Crippen LogP contribution >= 0.6 is 27.7 Å². The number of aliphatic hydroxyl groups is 2. The van der Waals surface area contributed by atoms with Crippen molar-refractivity contribution in [2.45, 2.75) is 84.2 Å². The van der Waals surface area contributed by atoms with E-state index in [0.29, 0.717) is 102 Å². The van der Waals surface area contributed by atoms with E-state index < -0.39 is 24.5 Å². The number of ether oxygens (including phenoxy) is 8. The molecule has 8 rings (SSSR count). The van der Waals surface area contributed by atoms with Gasteiger partial charge in [-0.25, -0.2) is 29.1 Å². The number of ketones is 1. The van der Waals surface area contributed by atoms with E-state index >= 15 is 0 Å². The van der Waals surface area contributed by atoms with Crippen LogP contribution in [0.3, 0.4) is 0 Å². The van der Waals surface area contributed by atoms with Crippen molar-refractivity contribution in [3.8, 4) is 6.07 Å². The van der Waals surface area contributed by atoms with Crippen LogP contribution < -0.4 is 5.73 Å². The first-order valence-electron chi connectivity index (χ1n) is 24.1. The van der Waals surface area contributed by atoms with Crippen molar-refractivity contribution in [1.29, 1.82) is 5.26 Å². The largest absolute Gasteiger partial charge is 0.465 e. The third kappa shape index (κ3) is 23.7. The molecule has 28 heteroatoms. The number of carbonyl (C=O) groups is 5. The Bertz CT molecular complexity index is 2820. The molecule has 3 atom stereocenters. The van der Waals surface area contributed by atoms with Gasteiger partial charge in [-0.1, -0.05) is 45.8 Å². The van der Waals surface area contributed by atoms with E-state index in [0.717, 1.165) is 48.3 Å². The van der Waals surface area contributed by atoms with E-state index in [4.69, 9.17) is 53.6 Å². The van der Waals surface area contributed by atoms with E-state index in [1.54, 1.807) is 38.1 Å². The van der Waals surface area contributed by atoms with E-state index in [-0.39, 0.29) is 50.3 Å². The van der Waals surface area contributed by atoms with Crippen molar-refractivity contribution < 1.29 is 85.6 Å². The first-order chi connectivity index (χ1) is 37.7. The van der Waals surface area contributed by atoms with Crippen molar-refractivity contribution in [2.24, 2.45) is 0 Å². The first-order valence-corrected chi connectivity index (χ1v) is 26.5. The molecular formula is C50H66N7O18P3. The number of pyridine rings is 2. The minimum atomic E-state index is -0.567. The molecule has 78 heavy (non-hydrogen) atoms. The summed E-state index contributed by atoms with van der Waals surface area (Å²) >= 11 is 0. The summed E-state index contributed by atoms with van der Waals surface area (Å²) in [7, 11) is 9.80. The van der Waals surface area contributed by atoms with Crippen LogP contribution in [0.4, 0.5) is 5.88 Å². The third-order valence-corrected chi connectivity index (χ3v) is 10.8. The highest BCUT2D eigenvalue weighted by Crippen LogP contribution is 2.41. The van der Waals surface area contributed by atoms with Gasteiger partial charge in [0.2, 0.25) is 5.88 Å². The molecule has 2 saturated carbocycles. The predicted molar refractivity (Wildman–Crippen MR) is 288 cm³/mol. The smallest absolute Gasteiger partial charge is 0.338 e. The molecule has 1 aromatic carbocycles. The zero-order valence-corrected chi connectivity index (χ0v) is 47.2. The van der Waals surface area contributed by atoms with Crippen molar-refractivity contribution in [1.82, 2.24) is 25.4 Å². The van der Waals surface area contributed by atoms with Crippen molar-refractivity contribution in [3.05, 3.63) is 93.7 Å². The fourth-order valence-electron chi connectivity index (χ4n) is 6.25. The number of hydrogen-bond acceptors (Lipinski definition) is 25. The molecule has 5 heterocycles. The summed E-state index contributed by atoms with van der Waals surface area (Å²) in [5, 5.41) is 37.6. The summed E-state index contributed by atoms with van der Waals surface area (Å²) in [4.78, 5) is 63.7. The van der Waals surface area contributed by atoms with Gasteiger partial charge >= 0.3 is 23.9 Å². The van der Waals surface area contributed by atoms with Gasteiger partial charge in [0, 0.05) is 29.3 Å². The lowest BCUT2D eigenvalue weighted by Crippen LogP contribution is -2.11. The number of nitriles is 1. The normalized spacial score (nSPS) is 12.0. The lowest BCUT2D eigenvalue weighted by Gasteiger charge is -2.06. The van der Waals surface area contributed by atoms with Crippen LogP contribution in [0.5, 0.6) is 0 Å². The number of methoxy groups -OCH3 is 2. The first kappa shape index (κ1) is 65.8. The number of hydrogen-bond donors (Lipinski definition) is 3. The maximum Gasteiger partial charge on any atom is 0.338 e. The Labute approximate surface area is 456 Å². The lowest BCUT2D eigenvalue weighted by molar-refractivity contribution is -0.148. The second kappa shape index (κ2) is 37.4. The molecule has 2 fully saturated rings. The average molecular weight is 1150 g/mol. The highest BCUT2D eigenvalue weighted by Gasteiger charge is 2.30. The van der Waals surface area contributed by atoms with E-state index in [2.05, 4.69) is 67.2 Å². The topological polar surface area (TPSA) is 353 Å². The second-order valence-electron chi connectivity index (χ2n) is 15.9. The van der Waals surface area contributed by atoms with Crippen LogP contribution in [0, 0.1) is 11.3 Å². The van der Waals surface area contributed by atoms with Gasteiger partial charge in [-0.15, -0.1) is 27.7 Å². The molecule has 2 aliphatic carbocycles. The number of aromatic nitrogens is 5. The molecule has 4 N–H and O–H groups in total. The summed E-state index contributed by atoms with van der Waals surface area (Å²) in [6, 6.07) is 16.7. The molecule has 424 valence electrons. The molecule has 5 aromatic heterocycles.